The van der Waals surface area contributed by atoms with Crippen molar-refractivity contribution in [1.82, 2.24) is 5.16 Å². The molecule has 1 heterocycles. The number of unbranched alkanes of at least 4 members (excludes halogenated alkanes) is 1. The Morgan fingerprint density at radius 3 is 2.29 bits per heavy atom. The van der Waals surface area contributed by atoms with Gasteiger partial charge in [0.1, 0.15) is 6.73 Å². The van der Waals surface area contributed by atoms with E-state index in [0.717, 1.165) is 41.0 Å². The molecular weight excluding hydrogens is 581 g/mol. The van der Waals surface area contributed by atoms with Crippen molar-refractivity contribution in [2.75, 3.05) is 17.3 Å². The maximum absolute atomic E-state index is 14.6. The second kappa shape index (κ2) is 13.2. The van der Waals surface area contributed by atoms with E-state index in [-0.39, 0.29) is 29.8 Å². The molecule has 0 bridgehead atoms. The molecule has 12 heteroatoms. The molecule has 0 aliphatic heterocycles. The number of hydrogen-bond donors (Lipinski definition) is 0. The quantitative estimate of drug-likeness (QED) is 0.118. The number of rotatable bonds is 14. The Morgan fingerprint density at radius 2 is 1.71 bits per heavy atom. The molecule has 0 aliphatic rings. The molecule has 3 aromatic rings. The van der Waals surface area contributed by atoms with Crippen LogP contribution in [0.5, 0.6) is 0 Å². The van der Waals surface area contributed by atoms with Gasteiger partial charge in [0.05, 0.1) is 31.5 Å². The maximum Gasteiger partial charge on any atom is 0.269 e. The van der Waals surface area contributed by atoms with Crippen molar-refractivity contribution in [2.24, 2.45) is 0 Å². The van der Waals surface area contributed by atoms with E-state index in [0.29, 0.717) is 22.4 Å². The Bertz CT molecular complexity index is 1560. The van der Waals surface area contributed by atoms with Crippen LogP contribution in [0.1, 0.15) is 49.1 Å². The van der Waals surface area contributed by atoms with E-state index in [4.69, 9.17) is 13.4 Å². The van der Waals surface area contributed by atoms with Crippen LogP contribution >= 0.6 is 0 Å². The van der Waals surface area contributed by atoms with Gasteiger partial charge in [0.15, 0.2) is 0 Å². The average Bonchev–Trinajstić information content (AvgIpc) is 3.22. The van der Waals surface area contributed by atoms with Crippen LogP contribution < -0.4 is 4.31 Å². The molecule has 0 N–H and O–H groups in total. The van der Waals surface area contributed by atoms with Gasteiger partial charge < -0.3 is 9.26 Å². The Kier molecular flexibility index (Phi) is 10.6. The molecule has 1 aromatic heterocycles. The summed E-state index contributed by atoms with van der Waals surface area (Å²) in [7, 11) is -9.82. The summed E-state index contributed by atoms with van der Waals surface area (Å²) in [6.07, 6.45) is 3.68. The van der Waals surface area contributed by atoms with E-state index < -0.39 is 28.2 Å². The summed E-state index contributed by atoms with van der Waals surface area (Å²) in [5.74, 6) is 0.0771. The topological polar surface area (TPSA) is 116 Å². The highest BCUT2D eigenvalue weighted by molar-refractivity contribution is 7.93. The van der Waals surface area contributed by atoms with Crippen LogP contribution in [-0.2, 0) is 42.1 Å². The number of anilines is 1. The molecule has 41 heavy (non-hydrogen) atoms. The number of benzene rings is 2. The molecule has 0 fully saturated rings. The molecule has 0 spiro atoms. The minimum Gasteiger partial charge on any atom is -0.360 e. The zero-order chi connectivity index (χ0) is 30.6. The molecule has 1 unspecified atom stereocenters. The van der Waals surface area contributed by atoms with Crippen molar-refractivity contribution >= 4 is 34.1 Å². The third-order valence-corrected chi connectivity index (χ3v) is 12.1. The zero-order valence-corrected chi connectivity index (χ0v) is 27.9. The molecule has 2 aromatic carbocycles. The average molecular weight is 623 g/mol. The first-order valence-corrected chi connectivity index (χ1v) is 20.5. The minimum atomic E-state index is -4.31. The number of aromatic nitrogens is 1. The molecule has 0 saturated heterocycles. The first-order valence-electron chi connectivity index (χ1n) is 13.7. The standard InChI is InChI=1S/C29H42N2O7S2Si/c1-9-10-13-25-14-11-12-15-26(25)27-17-16-24(19-37-39(5,32)33)18-28(27)40(34,35)31(20-36-23(4)41(6,7)8)29-21(2)22(3)30-38-29/h11-12,14-18,23H,9-10,13,19-20H2,1-8H3. The van der Waals surface area contributed by atoms with Crippen LogP contribution in [-0.4, -0.2) is 48.8 Å². The third-order valence-electron chi connectivity index (χ3n) is 7.18. The second-order valence-corrected chi connectivity index (χ2v) is 20.4. The van der Waals surface area contributed by atoms with Gasteiger partial charge in [-0.2, -0.15) is 8.42 Å². The lowest BCUT2D eigenvalue weighted by Crippen LogP contribution is -2.42. The summed E-state index contributed by atoms with van der Waals surface area (Å²) in [6, 6.07) is 12.6. The summed E-state index contributed by atoms with van der Waals surface area (Å²) in [5, 5.41) is 4.01. The van der Waals surface area contributed by atoms with Crippen LogP contribution in [0.3, 0.4) is 0 Å². The van der Waals surface area contributed by atoms with Gasteiger partial charge in [0, 0.05) is 16.9 Å². The number of ether oxygens (including phenoxy) is 1. The number of aryl methyl sites for hydroxylation is 2. The van der Waals surface area contributed by atoms with Gasteiger partial charge >= 0.3 is 0 Å². The second-order valence-electron chi connectivity index (χ2n) is 11.4. The van der Waals surface area contributed by atoms with Crippen LogP contribution in [0.4, 0.5) is 5.88 Å². The SMILES string of the molecule is CCCCc1ccccc1-c1ccc(COS(C)(=O)=O)cc1S(=O)(=O)N(COC(C)[Si](C)(C)C)c1onc(C)c1C. The first-order chi connectivity index (χ1) is 19.1. The molecule has 9 nitrogen and oxygen atoms in total. The Labute approximate surface area is 246 Å². The molecule has 0 saturated carbocycles. The molecule has 226 valence electrons. The lowest BCUT2D eigenvalue weighted by Gasteiger charge is -2.29. The van der Waals surface area contributed by atoms with Gasteiger partial charge in [-0.25, -0.2) is 12.7 Å². The van der Waals surface area contributed by atoms with E-state index in [9.17, 15) is 16.8 Å². The predicted molar refractivity (Wildman–Crippen MR) is 165 cm³/mol. The van der Waals surface area contributed by atoms with Gasteiger partial charge in [-0.1, -0.05) is 74.5 Å². The van der Waals surface area contributed by atoms with Crippen molar-refractivity contribution in [3.63, 3.8) is 0 Å². The van der Waals surface area contributed by atoms with Crippen LogP contribution in [0.15, 0.2) is 51.9 Å². The summed E-state index contributed by atoms with van der Waals surface area (Å²) in [5.41, 5.74) is 3.71. The van der Waals surface area contributed by atoms with Crippen molar-refractivity contribution < 1.29 is 30.3 Å². The smallest absolute Gasteiger partial charge is 0.269 e. The van der Waals surface area contributed by atoms with Gasteiger partial charge in [0.2, 0.25) is 5.88 Å². The van der Waals surface area contributed by atoms with E-state index >= 15 is 0 Å². The van der Waals surface area contributed by atoms with Gasteiger partial charge in [-0.3, -0.25) is 4.18 Å². The van der Waals surface area contributed by atoms with E-state index in [1.165, 1.54) is 6.07 Å². The van der Waals surface area contributed by atoms with Crippen molar-refractivity contribution in [2.45, 2.75) is 83.8 Å². The van der Waals surface area contributed by atoms with E-state index in [1.54, 1.807) is 26.0 Å². The number of hydrogen-bond acceptors (Lipinski definition) is 8. The largest absolute Gasteiger partial charge is 0.360 e. The zero-order valence-electron chi connectivity index (χ0n) is 25.2. The summed E-state index contributed by atoms with van der Waals surface area (Å²) in [4.78, 5) is -0.00578. The van der Waals surface area contributed by atoms with Crippen LogP contribution in [0, 0.1) is 13.8 Å². The normalized spacial score (nSPS) is 13.4. The van der Waals surface area contributed by atoms with Crippen molar-refractivity contribution in [1.29, 1.82) is 0 Å². The molecule has 0 amide bonds. The van der Waals surface area contributed by atoms with Gasteiger partial charge in [-0.15, -0.1) is 0 Å². The van der Waals surface area contributed by atoms with Crippen molar-refractivity contribution in [3.8, 4) is 11.1 Å². The van der Waals surface area contributed by atoms with E-state index in [2.05, 4.69) is 31.7 Å². The fourth-order valence-corrected chi connectivity index (χ4v) is 6.56. The highest BCUT2D eigenvalue weighted by atomic mass is 32.2. The van der Waals surface area contributed by atoms with Crippen LogP contribution in [0.2, 0.25) is 19.6 Å². The summed E-state index contributed by atoms with van der Waals surface area (Å²) < 4.78 is 70.5. The van der Waals surface area contributed by atoms with Gasteiger partial charge in [-0.05, 0) is 56.4 Å². The Balaban J connectivity index is 2.24. The summed E-state index contributed by atoms with van der Waals surface area (Å²) in [6.45, 7) is 13.4. The lowest BCUT2D eigenvalue weighted by atomic mass is 9.95. The van der Waals surface area contributed by atoms with E-state index in [1.807, 2.05) is 31.2 Å². The Morgan fingerprint density at radius 1 is 1.02 bits per heavy atom. The molecule has 3 rings (SSSR count). The number of sulfonamides is 1. The minimum absolute atomic E-state index is 0.00578. The van der Waals surface area contributed by atoms with Crippen molar-refractivity contribution in [3.05, 3.63) is 64.8 Å². The molecule has 0 radical (unpaired) electrons. The fraction of sp³-hybridized carbons (Fsp3) is 0.483. The predicted octanol–water partition coefficient (Wildman–Crippen LogP) is 6.21. The third kappa shape index (κ3) is 8.28. The number of nitrogens with zero attached hydrogens (tertiary/aromatic N) is 2. The highest BCUT2D eigenvalue weighted by Gasteiger charge is 2.35. The van der Waals surface area contributed by atoms with Gasteiger partial charge in [0.25, 0.3) is 20.1 Å². The molecular formula is C29H42N2O7S2Si. The lowest BCUT2D eigenvalue weighted by molar-refractivity contribution is 0.117. The Hall–Kier alpha value is -2.51. The maximum atomic E-state index is 14.6. The summed E-state index contributed by atoms with van der Waals surface area (Å²) >= 11 is 0. The first kappa shape index (κ1) is 33.0. The molecule has 0 aliphatic carbocycles. The van der Waals surface area contributed by atoms with Crippen LogP contribution in [0.25, 0.3) is 11.1 Å². The fourth-order valence-electron chi connectivity index (χ4n) is 4.06. The monoisotopic (exact) mass is 622 g/mol. The molecule has 1 atom stereocenters. The highest BCUT2D eigenvalue weighted by Crippen LogP contribution is 2.36.